The SMILES string of the molecule is CC1=C(/C=C/C(C)=C/C=C/C(C)=C/C=C/C=C(C)/C=C/C=C(C)/C=C/C2=C(C)C(=O)C(OC(=O)CCNC(=O)NCC(=O)OC(C)(C)C)CC2(C)C)C(C)(C)CC(OC(=O)CCNC(=O)NCC(=O)OC(C)(C)C)C1=O. The summed E-state index contributed by atoms with van der Waals surface area (Å²) in [6.07, 6.45) is 26.1. The number of allylic oxidation sites excluding steroid dienone is 20. The summed E-state index contributed by atoms with van der Waals surface area (Å²) in [5, 5.41) is 9.76. The van der Waals surface area contributed by atoms with E-state index in [1.54, 1.807) is 55.4 Å². The van der Waals surface area contributed by atoms with E-state index in [1.165, 1.54) is 0 Å². The Morgan fingerprint density at radius 3 is 1.14 bits per heavy atom. The minimum atomic E-state index is -0.937. The molecule has 0 fully saturated rings. The number of ether oxygens (including phenoxy) is 4. The third-order valence-electron chi connectivity index (χ3n) is 11.7. The Hall–Kier alpha value is -7.10. The van der Waals surface area contributed by atoms with Gasteiger partial charge in [-0.05, 0) is 116 Å². The van der Waals surface area contributed by atoms with Crippen LogP contribution in [-0.2, 0) is 47.7 Å². The first kappa shape index (κ1) is 65.0. The number of ketones is 2. The molecule has 416 valence electrons. The van der Waals surface area contributed by atoms with E-state index in [9.17, 15) is 38.4 Å². The number of carbonyl (C=O) groups excluding carboxylic acids is 8. The van der Waals surface area contributed by atoms with Crippen molar-refractivity contribution in [3.8, 4) is 0 Å². The van der Waals surface area contributed by atoms with E-state index in [0.29, 0.717) is 24.0 Å². The van der Waals surface area contributed by atoms with Gasteiger partial charge in [0.15, 0.2) is 23.8 Å². The average Bonchev–Trinajstić information content (AvgIpc) is 3.28. The lowest BCUT2D eigenvalue weighted by atomic mass is 9.71. The lowest BCUT2D eigenvalue weighted by Gasteiger charge is -2.36. The molecular weight excluding hydrogens is 969 g/mol. The zero-order valence-corrected chi connectivity index (χ0v) is 47.8. The molecule has 0 aromatic carbocycles. The summed E-state index contributed by atoms with van der Waals surface area (Å²) < 4.78 is 21.4. The van der Waals surface area contributed by atoms with Crippen molar-refractivity contribution < 1.29 is 57.3 Å². The van der Waals surface area contributed by atoms with Crippen LogP contribution in [0.1, 0.15) is 136 Å². The minimum Gasteiger partial charge on any atom is -0.459 e. The third-order valence-corrected chi connectivity index (χ3v) is 11.7. The summed E-state index contributed by atoms with van der Waals surface area (Å²) in [5.41, 5.74) is 4.56. The van der Waals surface area contributed by atoms with Crippen LogP contribution in [0.2, 0.25) is 0 Å². The van der Waals surface area contributed by atoms with Gasteiger partial charge in [0.05, 0.1) is 12.8 Å². The van der Waals surface area contributed by atoms with Gasteiger partial charge in [-0.2, -0.15) is 0 Å². The van der Waals surface area contributed by atoms with Crippen molar-refractivity contribution in [2.45, 2.75) is 160 Å². The highest BCUT2D eigenvalue weighted by molar-refractivity contribution is 6.02. The topological polar surface area (TPSA) is 222 Å². The maximum absolute atomic E-state index is 13.3. The van der Waals surface area contributed by atoms with Gasteiger partial charge in [-0.3, -0.25) is 28.8 Å². The van der Waals surface area contributed by atoms with Crippen molar-refractivity contribution in [3.05, 3.63) is 130 Å². The van der Waals surface area contributed by atoms with Gasteiger partial charge in [0, 0.05) is 25.9 Å². The molecule has 0 saturated heterocycles. The lowest BCUT2D eigenvalue weighted by Crippen LogP contribution is -2.42. The minimum absolute atomic E-state index is 0.0370. The highest BCUT2D eigenvalue weighted by Crippen LogP contribution is 2.42. The van der Waals surface area contributed by atoms with Crippen LogP contribution in [0.4, 0.5) is 9.59 Å². The van der Waals surface area contributed by atoms with Gasteiger partial charge < -0.3 is 40.2 Å². The normalized spacial score (nSPS) is 19.0. The first-order valence-corrected chi connectivity index (χ1v) is 25.6. The van der Waals surface area contributed by atoms with E-state index in [2.05, 4.69) is 21.3 Å². The Morgan fingerprint density at radius 1 is 0.500 bits per heavy atom. The Morgan fingerprint density at radius 2 is 0.816 bits per heavy atom. The number of nitrogens with one attached hydrogen (secondary N) is 4. The van der Waals surface area contributed by atoms with E-state index in [0.717, 1.165) is 33.4 Å². The number of hydrogen-bond donors (Lipinski definition) is 4. The summed E-state index contributed by atoms with van der Waals surface area (Å²) in [7, 11) is 0. The molecule has 0 spiro atoms. The van der Waals surface area contributed by atoms with Gasteiger partial charge in [0.25, 0.3) is 0 Å². The molecule has 16 heteroatoms. The number of hydrogen-bond acceptors (Lipinski definition) is 12. The highest BCUT2D eigenvalue weighted by atomic mass is 16.6. The fourth-order valence-corrected chi connectivity index (χ4v) is 7.93. The van der Waals surface area contributed by atoms with Gasteiger partial charge in [-0.25, -0.2) is 9.59 Å². The second kappa shape index (κ2) is 29.8. The van der Waals surface area contributed by atoms with Gasteiger partial charge in [-0.15, -0.1) is 0 Å². The van der Waals surface area contributed by atoms with Gasteiger partial charge in [-0.1, -0.05) is 135 Å². The number of Topliss-reactive ketones (excluding diaryl/α,β-unsaturated/α-hetero) is 2. The van der Waals surface area contributed by atoms with Crippen LogP contribution in [0.15, 0.2) is 130 Å². The molecular formula is C60H84N4O12. The molecule has 0 heterocycles. The first-order valence-electron chi connectivity index (χ1n) is 25.6. The molecule has 0 aromatic rings. The second-order valence-corrected chi connectivity index (χ2v) is 22.2. The van der Waals surface area contributed by atoms with Crippen molar-refractivity contribution in [2.75, 3.05) is 26.2 Å². The molecule has 2 rings (SSSR count). The predicted molar refractivity (Wildman–Crippen MR) is 296 cm³/mol. The number of rotatable bonds is 22. The summed E-state index contributed by atoms with van der Waals surface area (Å²) >= 11 is 0. The summed E-state index contributed by atoms with van der Waals surface area (Å²) in [6.45, 7) is 29.1. The van der Waals surface area contributed by atoms with Crippen molar-refractivity contribution in [3.63, 3.8) is 0 Å². The molecule has 4 amide bonds. The maximum atomic E-state index is 13.3. The molecule has 16 nitrogen and oxygen atoms in total. The van der Waals surface area contributed by atoms with Crippen LogP contribution >= 0.6 is 0 Å². The quantitative estimate of drug-likeness (QED) is 0.0452. The Kier molecular flexibility index (Phi) is 25.5. The van der Waals surface area contributed by atoms with Crippen LogP contribution in [0, 0.1) is 10.8 Å². The number of urea groups is 2. The fraction of sp³-hybridized carbons (Fsp3) is 0.500. The standard InChI is InChI=1S/C60H84N4O12/c1-39(23-19-25-41(3)27-29-45-43(5)53(69)47(35-59(45,13)14)73-49(65)31-33-61-55(71)63-37-51(67)75-57(7,8)9)21-17-18-22-40(2)24-20-26-42(4)28-30-46-44(6)54(70)48(36-60(46,15)16)74-50(66)32-34-62-56(72)64-38-52(68)76-58(10,11)12/h17-30,47-48H,31-38H2,1-16H3,(H2,61,63,71)(H2,62,64,72)/b18-17+,23-19+,24-20+,29-27+,30-28+,39-21+,40-22+,41-25+,42-26+. The van der Waals surface area contributed by atoms with Crippen LogP contribution in [0.3, 0.4) is 0 Å². The number of amides is 4. The van der Waals surface area contributed by atoms with Crippen LogP contribution in [0.5, 0.6) is 0 Å². The molecule has 76 heavy (non-hydrogen) atoms. The Labute approximate surface area is 451 Å². The molecule has 0 saturated carbocycles. The maximum Gasteiger partial charge on any atom is 0.325 e. The first-order chi connectivity index (χ1) is 35.2. The number of esters is 4. The number of carbonyl (C=O) groups is 8. The van der Waals surface area contributed by atoms with Crippen LogP contribution in [-0.4, -0.2) is 97.1 Å². The van der Waals surface area contributed by atoms with E-state index >= 15 is 0 Å². The van der Waals surface area contributed by atoms with E-state index in [4.69, 9.17) is 18.9 Å². The zero-order valence-electron chi connectivity index (χ0n) is 47.8. The molecule has 2 aliphatic rings. The van der Waals surface area contributed by atoms with E-state index in [-0.39, 0.29) is 50.6 Å². The third kappa shape index (κ3) is 25.0. The lowest BCUT2D eigenvalue weighted by molar-refractivity contribution is -0.156. The van der Waals surface area contributed by atoms with Gasteiger partial charge >= 0.3 is 35.9 Å². The van der Waals surface area contributed by atoms with E-state index in [1.807, 2.05) is 140 Å². The smallest absolute Gasteiger partial charge is 0.325 e. The molecule has 2 unspecified atom stereocenters. The largest absolute Gasteiger partial charge is 0.459 e. The average molecular weight is 1050 g/mol. The molecule has 0 bridgehead atoms. The highest BCUT2D eigenvalue weighted by Gasteiger charge is 2.41. The predicted octanol–water partition coefficient (Wildman–Crippen LogP) is 10.1. The van der Waals surface area contributed by atoms with Crippen molar-refractivity contribution >= 4 is 47.5 Å². The van der Waals surface area contributed by atoms with Crippen LogP contribution in [0.25, 0.3) is 0 Å². The zero-order chi connectivity index (χ0) is 57.6. The summed E-state index contributed by atoms with van der Waals surface area (Å²) in [5.74, 6) is -2.92. The molecule has 2 aliphatic carbocycles. The molecule has 0 radical (unpaired) electrons. The molecule has 0 aliphatic heterocycles. The summed E-state index contributed by atoms with van der Waals surface area (Å²) in [4.78, 5) is 99.6. The van der Waals surface area contributed by atoms with Crippen LogP contribution < -0.4 is 21.3 Å². The Balaban J connectivity index is 1.89. The molecule has 0 aromatic heterocycles. The van der Waals surface area contributed by atoms with Crippen molar-refractivity contribution in [1.29, 1.82) is 0 Å². The molecule has 2 atom stereocenters. The van der Waals surface area contributed by atoms with E-state index < -0.39 is 70.2 Å². The Bertz CT molecular complexity index is 2350. The second-order valence-electron chi connectivity index (χ2n) is 22.2. The van der Waals surface area contributed by atoms with Crippen molar-refractivity contribution in [1.82, 2.24) is 21.3 Å². The fourth-order valence-electron chi connectivity index (χ4n) is 7.93. The molecule has 4 N–H and O–H groups in total. The van der Waals surface area contributed by atoms with Gasteiger partial charge in [0.1, 0.15) is 24.3 Å². The monoisotopic (exact) mass is 1050 g/mol. The summed E-state index contributed by atoms with van der Waals surface area (Å²) in [6, 6.07) is -1.26. The van der Waals surface area contributed by atoms with Crippen molar-refractivity contribution in [2.24, 2.45) is 10.8 Å². The van der Waals surface area contributed by atoms with Gasteiger partial charge in [0.2, 0.25) is 0 Å².